The molecule has 0 heterocycles. The predicted molar refractivity (Wildman–Crippen MR) is 110 cm³/mol. The molecule has 0 aromatic heterocycles. The number of nitrogens with one attached hydrogen (secondary N) is 2. The minimum absolute atomic E-state index is 0.0527. The van der Waals surface area contributed by atoms with Crippen molar-refractivity contribution in [3.8, 4) is 5.75 Å². The number of rotatable bonds is 9. The number of amides is 2. The second kappa shape index (κ2) is 11.0. The fourth-order valence-corrected chi connectivity index (χ4v) is 2.70. The standard InChI is InChI=1S/C22H28N2O4/c1-4-5-13-28-18-11-12-19(16(2)14-18)23-22(26)24-20(15-21(25)27-3)17-9-7-6-8-10-17/h6-12,14,20H,4-5,13,15H2,1-3H3,(H2,23,24,26). The Morgan fingerprint density at radius 2 is 1.86 bits per heavy atom. The van der Waals surface area contributed by atoms with Crippen molar-refractivity contribution in [2.24, 2.45) is 0 Å². The van der Waals surface area contributed by atoms with E-state index in [1.165, 1.54) is 7.11 Å². The fraction of sp³-hybridized carbons (Fsp3) is 0.364. The number of anilines is 1. The van der Waals surface area contributed by atoms with Crippen LogP contribution in [-0.2, 0) is 9.53 Å². The lowest BCUT2D eigenvalue weighted by Crippen LogP contribution is -2.34. The first-order valence-corrected chi connectivity index (χ1v) is 9.46. The van der Waals surface area contributed by atoms with E-state index in [9.17, 15) is 9.59 Å². The molecule has 0 bridgehead atoms. The van der Waals surface area contributed by atoms with Crippen LogP contribution in [0.3, 0.4) is 0 Å². The summed E-state index contributed by atoms with van der Waals surface area (Å²) < 4.78 is 10.4. The minimum Gasteiger partial charge on any atom is -0.494 e. The Bertz CT molecular complexity index is 777. The highest BCUT2D eigenvalue weighted by Crippen LogP contribution is 2.22. The second-order valence-corrected chi connectivity index (χ2v) is 6.52. The van der Waals surface area contributed by atoms with Crippen LogP contribution in [0.15, 0.2) is 48.5 Å². The molecular weight excluding hydrogens is 356 g/mol. The van der Waals surface area contributed by atoms with Crippen molar-refractivity contribution in [3.63, 3.8) is 0 Å². The number of urea groups is 1. The third-order valence-corrected chi connectivity index (χ3v) is 4.32. The van der Waals surface area contributed by atoms with Crippen LogP contribution < -0.4 is 15.4 Å². The molecule has 0 aliphatic heterocycles. The monoisotopic (exact) mass is 384 g/mol. The average molecular weight is 384 g/mol. The maximum Gasteiger partial charge on any atom is 0.319 e. The molecule has 28 heavy (non-hydrogen) atoms. The number of hydrogen-bond acceptors (Lipinski definition) is 4. The van der Waals surface area contributed by atoms with Crippen LogP contribution >= 0.6 is 0 Å². The van der Waals surface area contributed by atoms with Crippen molar-refractivity contribution in [3.05, 3.63) is 59.7 Å². The van der Waals surface area contributed by atoms with Gasteiger partial charge in [0.2, 0.25) is 0 Å². The molecule has 2 rings (SSSR count). The van der Waals surface area contributed by atoms with Gasteiger partial charge in [-0.1, -0.05) is 43.7 Å². The fourth-order valence-electron chi connectivity index (χ4n) is 2.70. The van der Waals surface area contributed by atoms with E-state index in [-0.39, 0.29) is 18.4 Å². The first kappa shape index (κ1) is 21.3. The maximum absolute atomic E-state index is 12.5. The van der Waals surface area contributed by atoms with Crippen molar-refractivity contribution in [1.82, 2.24) is 5.32 Å². The van der Waals surface area contributed by atoms with Gasteiger partial charge >= 0.3 is 12.0 Å². The Morgan fingerprint density at radius 1 is 1.11 bits per heavy atom. The lowest BCUT2D eigenvalue weighted by atomic mass is 10.0. The molecule has 2 amide bonds. The van der Waals surface area contributed by atoms with Crippen LogP contribution in [0.25, 0.3) is 0 Å². The second-order valence-electron chi connectivity index (χ2n) is 6.52. The molecule has 2 N–H and O–H groups in total. The van der Waals surface area contributed by atoms with Gasteiger partial charge in [0.25, 0.3) is 0 Å². The number of aryl methyl sites for hydroxylation is 1. The summed E-state index contributed by atoms with van der Waals surface area (Å²) in [5.41, 5.74) is 2.41. The van der Waals surface area contributed by atoms with E-state index in [4.69, 9.17) is 9.47 Å². The highest BCUT2D eigenvalue weighted by atomic mass is 16.5. The number of carbonyl (C=O) groups is 2. The van der Waals surface area contributed by atoms with Crippen molar-refractivity contribution in [2.75, 3.05) is 19.0 Å². The molecule has 0 saturated carbocycles. The van der Waals surface area contributed by atoms with Crippen LogP contribution in [0.4, 0.5) is 10.5 Å². The van der Waals surface area contributed by atoms with Crippen LogP contribution in [0, 0.1) is 6.92 Å². The molecule has 2 aromatic rings. The van der Waals surface area contributed by atoms with Gasteiger partial charge in [0, 0.05) is 5.69 Å². The summed E-state index contributed by atoms with van der Waals surface area (Å²) in [6, 6.07) is 14.0. The van der Waals surface area contributed by atoms with Crippen molar-refractivity contribution in [1.29, 1.82) is 0 Å². The Hall–Kier alpha value is -3.02. The number of methoxy groups -OCH3 is 1. The zero-order valence-electron chi connectivity index (χ0n) is 16.7. The normalized spacial score (nSPS) is 11.4. The Balaban J connectivity index is 2.02. The molecular formula is C22H28N2O4. The molecule has 150 valence electrons. The number of esters is 1. The lowest BCUT2D eigenvalue weighted by Gasteiger charge is -2.19. The molecule has 0 spiro atoms. The van der Waals surface area contributed by atoms with Crippen molar-refractivity contribution in [2.45, 2.75) is 39.2 Å². The van der Waals surface area contributed by atoms with Gasteiger partial charge in [-0.2, -0.15) is 0 Å². The number of benzene rings is 2. The van der Waals surface area contributed by atoms with E-state index in [2.05, 4.69) is 17.6 Å². The van der Waals surface area contributed by atoms with Gasteiger partial charge in [-0.25, -0.2) is 4.79 Å². The minimum atomic E-state index is -0.481. The number of ether oxygens (including phenoxy) is 2. The van der Waals surface area contributed by atoms with Gasteiger partial charge in [0.1, 0.15) is 5.75 Å². The zero-order valence-corrected chi connectivity index (χ0v) is 16.7. The molecule has 6 heteroatoms. The third kappa shape index (κ3) is 6.61. The van der Waals surface area contributed by atoms with Crippen LogP contribution in [0.5, 0.6) is 5.75 Å². The number of hydrogen-bond donors (Lipinski definition) is 2. The SMILES string of the molecule is CCCCOc1ccc(NC(=O)NC(CC(=O)OC)c2ccccc2)c(C)c1. The lowest BCUT2D eigenvalue weighted by molar-refractivity contribution is -0.141. The Morgan fingerprint density at radius 3 is 2.50 bits per heavy atom. The molecule has 0 radical (unpaired) electrons. The van der Waals surface area contributed by atoms with Crippen LogP contribution in [0.1, 0.15) is 43.4 Å². The zero-order chi connectivity index (χ0) is 20.4. The van der Waals surface area contributed by atoms with Gasteiger partial charge in [-0.05, 0) is 42.7 Å². The average Bonchev–Trinajstić information content (AvgIpc) is 2.70. The molecule has 6 nitrogen and oxygen atoms in total. The Kier molecular flexibility index (Phi) is 8.34. The highest BCUT2D eigenvalue weighted by molar-refractivity contribution is 5.90. The van der Waals surface area contributed by atoms with Crippen molar-refractivity contribution >= 4 is 17.7 Å². The largest absolute Gasteiger partial charge is 0.494 e. The predicted octanol–water partition coefficient (Wildman–Crippen LogP) is 4.60. The smallest absolute Gasteiger partial charge is 0.319 e. The summed E-state index contributed by atoms with van der Waals surface area (Å²) in [5.74, 6) is 0.392. The van der Waals surface area contributed by atoms with Crippen LogP contribution in [-0.4, -0.2) is 25.7 Å². The summed E-state index contributed by atoms with van der Waals surface area (Å²) >= 11 is 0. The molecule has 2 aromatic carbocycles. The van der Waals surface area contributed by atoms with Gasteiger partial charge in [0.15, 0.2) is 0 Å². The number of unbranched alkanes of at least 4 members (excludes halogenated alkanes) is 1. The summed E-state index contributed by atoms with van der Waals surface area (Å²) in [5, 5.41) is 5.69. The first-order valence-electron chi connectivity index (χ1n) is 9.46. The van der Waals surface area contributed by atoms with Gasteiger partial charge in [0.05, 0.1) is 26.2 Å². The van der Waals surface area contributed by atoms with Crippen LogP contribution in [0.2, 0.25) is 0 Å². The Labute approximate surface area is 166 Å². The molecule has 0 aliphatic rings. The van der Waals surface area contributed by atoms with Gasteiger partial charge < -0.3 is 20.1 Å². The van der Waals surface area contributed by atoms with E-state index in [0.717, 1.165) is 29.7 Å². The summed E-state index contributed by atoms with van der Waals surface area (Å²) in [7, 11) is 1.33. The first-order chi connectivity index (χ1) is 13.5. The van der Waals surface area contributed by atoms with E-state index in [1.807, 2.05) is 55.5 Å². The van der Waals surface area contributed by atoms with Gasteiger partial charge in [-0.3, -0.25) is 4.79 Å². The summed E-state index contributed by atoms with van der Waals surface area (Å²) in [6.45, 7) is 4.70. The summed E-state index contributed by atoms with van der Waals surface area (Å²) in [4.78, 5) is 24.2. The number of carbonyl (C=O) groups excluding carboxylic acids is 2. The highest BCUT2D eigenvalue weighted by Gasteiger charge is 2.19. The van der Waals surface area contributed by atoms with E-state index >= 15 is 0 Å². The topological polar surface area (TPSA) is 76.7 Å². The van der Waals surface area contributed by atoms with E-state index < -0.39 is 6.04 Å². The molecule has 0 aliphatic carbocycles. The third-order valence-electron chi connectivity index (χ3n) is 4.32. The quantitative estimate of drug-likeness (QED) is 0.489. The molecule has 0 fully saturated rings. The van der Waals surface area contributed by atoms with E-state index in [0.29, 0.717) is 12.3 Å². The maximum atomic E-state index is 12.5. The summed E-state index contributed by atoms with van der Waals surface area (Å²) in [6.07, 6.45) is 2.13. The molecule has 0 saturated heterocycles. The molecule has 1 atom stereocenters. The van der Waals surface area contributed by atoms with Crippen molar-refractivity contribution < 1.29 is 19.1 Å². The molecule has 1 unspecified atom stereocenters. The van der Waals surface area contributed by atoms with Gasteiger partial charge in [-0.15, -0.1) is 0 Å². The van der Waals surface area contributed by atoms with E-state index in [1.54, 1.807) is 0 Å².